The lowest BCUT2D eigenvalue weighted by molar-refractivity contribution is -0.957. The van der Waals surface area contributed by atoms with Crippen molar-refractivity contribution >= 4 is 21.6 Å². The largest absolute Gasteiger partial charge is 0.346 e. The fourth-order valence-corrected chi connectivity index (χ4v) is 6.79. The highest BCUT2D eigenvalue weighted by Gasteiger charge is 2.42. The van der Waals surface area contributed by atoms with E-state index in [1.165, 1.54) is 75.0 Å². The number of nitrogens with one attached hydrogen (secondary N) is 2. The Hall–Kier alpha value is -1.60. The van der Waals surface area contributed by atoms with Crippen LogP contribution in [0.15, 0.2) is 18.2 Å². The second-order valence-corrected chi connectivity index (χ2v) is 11.4. The maximum Gasteiger partial charge on any atom is 0.251 e. The Balaban J connectivity index is 1.48. The van der Waals surface area contributed by atoms with Gasteiger partial charge in [0.2, 0.25) is 10.0 Å². The number of aryl methyl sites for hydroxylation is 1. The van der Waals surface area contributed by atoms with Gasteiger partial charge in [-0.25, -0.2) is 8.42 Å². The van der Waals surface area contributed by atoms with Crippen molar-refractivity contribution in [3.8, 4) is 0 Å². The molecule has 0 unspecified atom stereocenters. The van der Waals surface area contributed by atoms with E-state index in [4.69, 9.17) is 0 Å². The van der Waals surface area contributed by atoms with Gasteiger partial charge in [0.05, 0.1) is 31.6 Å². The summed E-state index contributed by atoms with van der Waals surface area (Å²) in [6.45, 7) is 3.72. The van der Waals surface area contributed by atoms with Gasteiger partial charge in [-0.15, -0.1) is 0 Å². The summed E-state index contributed by atoms with van der Waals surface area (Å²) in [5.74, 6) is -0.0318. The Morgan fingerprint density at radius 2 is 1.77 bits per heavy atom. The van der Waals surface area contributed by atoms with Crippen molar-refractivity contribution < 1.29 is 18.1 Å². The van der Waals surface area contributed by atoms with Crippen LogP contribution in [-0.4, -0.2) is 52.3 Å². The minimum absolute atomic E-state index is 0.0318. The molecule has 2 heterocycles. The number of hydrogen-bond donors (Lipinski definition) is 2. The van der Waals surface area contributed by atoms with Gasteiger partial charge in [-0.1, -0.05) is 6.42 Å². The zero-order chi connectivity index (χ0) is 21.2. The number of carbonyl (C=O) groups is 1. The highest BCUT2D eigenvalue weighted by molar-refractivity contribution is 7.92. The van der Waals surface area contributed by atoms with E-state index in [0.29, 0.717) is 12.1 Å². The molecule has 2 N–H and O–H groups in total. The van der Waals surface area contributed by atoms with Gasteiger partial charge < -0.3 is 10.2 Å². The predicted octanol–water partition coefficient (Wildman–Crippen LogP) is 1.90. The number of benzene rings is 1. The first-order chi connectivity index (χ1) is 14.4. The van der Waals surface area contributed by atoms with Crippen LogP contribution in [-0.2, 0) is 16.4 Å². The van der Waals surface area contributed by atoms with E-state index in [2.05, 4.69) is 5.32 Å². The summed E-state index contributed by atoms with van der Waals surface area (Å²) >= 11 is 0. The molecule has 0 spiro atoms. The normalized spacial score (nSPS) is 22.4. The average molecular weight is 435 g/mol. The molecular formula is C23H36N3O3S+. The highest BCUT2D eigenvalue weighted by Crippen LogP contribution is 2.30. The van der Waals surface area contributed by atoms with Gasteiger partial charge in [-0.05, 0) is 68.7 Å². The van der Waals surface area contributed by atoms with Crippen LogP contribution in [0.25, 0.3) is 0 Å². The van der Waals surface area contributed by atoms with Crippen molar-refractivity contribution in [2.75, 3.05) is 36.7 Å². The Morgan fingerprint density at radius 3 is 2.47 bits per heavy atom. The SMILES string of the molecule is CS(=O)(=O)N1CCCc2cc(C(=O)NCC3([NH+]4CCCCC4)CCCCC3)ccc21. The van der Waals surface area contributed by atoms with Gasteiger partial charge >= 0.3 is 0 Å². The number of sulfonamides is 1. The van der Waals surface area contributed by atoms with Crippen LogP contribution in [0.4, 0.5) is 5.69 Å². The van der Waals surface area contributed by atoms with Gasteiger partial charge in [-0.3, -0.25) is 9.10 Å². The summed E-state index contributed by atoms with van der Waals surface area (Å²) in [7, 11) is -3.29. The summed E-state index contributed by atoms with van der Waals surface area (Å²) in [6.07, 6.45) is 13.0. The van der Waals surface area contributed by atoms with Crippen LogP contribution >= 0.6 is 0 Å². The Bertz CT molecular complexity index is 872. The maximum atomic E-state index is 13.0. The molecule has 1 aliphatic carbocycles. The van der Waals surface area contributed by atoms with Crippen molar-refractivity contribution in [1.82, 2.24) is 5.32 Å². The molecule has 2 fully saturated rings. The minimum Gasteiger partial charge on any atom is -0.346 e. The number of hydrogen-bond acceptors (Lipinski definition) is 3. The number of amides is 1. The second kappa shape index (κ2) is 8.87. The molecule has 7 heteroatoms. The van der Waals surface area contributed by atoms with Crippen molar-refractivity contribution in [3.05, 3.63) is 29.3 Å². The molecule has 2 aliphatic heterocycles. The van der Waals surface area contributed by atoms with Gasteiger partial charge in [0.1, 0.15) is 5.54 Å². The lowest BCUT2D eigenvalue weighted by Crippen LogP contribution is -3.22. The number of quaternary nitrogens is 1. The number of likely N-dealkylation sites (tertiary alicyclic amines) is 1. The average Bonchev–Trinajstić information content (AvgIpc) is 2.77. The number of piperidine rings is 1. The van der Waals surface area contributed by atoms with E-state index in [9.17, 15) is 13.2 Å². The molecule has 30 heavy (non-hydrogen) atoms. The van der Waals surface area contributed by atoms with Crippen LogP contribution in [0.3, 0.4) is 0 Å². The van der Waals surface area contributed by atoms with Crippen LogP contribution in [0, 0.1) is 0 Å². The smallest absolute Gasteiger partial charge is 0.251 e. The molecule has 3 aliphatic rings. The fraction of sp³-hybridized carbons (Fsp3) is 0.696. The molecule has 6 nitrogen and oxygen atoms in total. The van der Waals surface area contributed by atoms with Gasteiger partial charge in [-0.2, -0.15) is 0 Å². The highest BCUT2D eigenvalue weighted by atomic mass is 32.2. The molecular weight excluding hydrogens is 398 g/mol. The third kappa shape index (κ3) is 4.52. The summed E-state index contributed by atoms with van der Waals surface area (Å²) < 4.78 is 25.6. The van der Waals surface area contributed by atoms with Crippen LogP contribution in [0.5, 0.6) is 0 Å². The predicted molar refractivity (Wildman–Crippen MR) is 120 cm³/mol. The van der Waals surface area contributed by atoms with Gasteiger partial charge in [0, 0.05) is 24.9 Å². The lowest BCUT2D eigenvalue weighted by atomic mass is 9.79. The van der Waals surface area contributed by atoms with Crippen LogP contribution in [0.2, 0.25) is 0 Å². The third-order valence-corrected chi connectivity index (χ3v) is 8.60. The van der Waals surface area contributed by atoms with Crippen molar-refractivity contribution in [2.24, 2.45) is 0 Å². The standard InChI is InChI=1S/C23H35N3O3S/c1-30(28,29)26-16-8-9-19-17-20(10-11-21(19)26)22(27)24-18-23(12-4-2-5-13-23)25-14-6-3-7-15-25/h10-11,17H,2-9,12-16,18H2,1H3,(H,24,27)/p+1. The van der Waals surface area contributed by atoms with Crippen LogP contribution in [0.1, 0.15) is 73.7 Å². The molecule has 4 rings (SSSR count). The monoisotopic (exact) mass is 434 g/mol. The van der Waals surface area contributed by atoms with E-state index in [0.717, 1.165) is 30.6 Å². The molecule has 0 bridgehead atoms. The number of fused-ring (bicyclic) bond motifs is 1. The van der Waals surface area contributed by atoms with E-state index < -0.39 is 10.0 Å². The van der Waals surface area contributed by atoms with Gasteiger partial charge in [0.15, 0.2) is 0 Å². The fourth-order valence-electron chi connectivity index (χ4n) is 5.79. The van der Waals surface area contributed by atoms with Crippen LogP contribution < -0.4 is 14.5 Å². The summed E-state index contributed by atoms with van der Waals surface area (Å²) in [5, 5.41) is 3.26. The maximum absolute atomic E-state index is 13.0. The first kappa shape index (κ1) is 21.6. The lowest BCUT2D eigenvalue weighted by Gasteiger charge is -2.45. The van der Waals surface area contributed by atoms with E-state index >= 15 is 0 Å². The first-order valence-corrected chi connectivity index (χ1v) is 13.5. The number of anilines is 1. The molecule has 1 aromatic rings. The van der Waals surface area contributed by atoms with Gasteiger partial charge in [0.25, 0.3) is 5.91 Å². The topological polar surface area (TPSA) is 70.9 Å². The van der Waals surface area contributed by atoms with E-state index in [-0.39, 0.29) is 11.4 Å². The number of nitrogens with zero attached hydrogens (tertiary/aromatic N) is 1. The summed E-state index contributed by atoms with van der Waals surface area (Å²) in [6, 6.07) is 5.47. The first-order valence-electron chi connectivity index (χ1n) is 11.6. The second-order valence-electron chi connectivity index (χ2n) is 9.47. The minimum atomic E-state index is -3.29. The Morgan fingerprint density at radius 1 is 1.07 bits per heavy atom. The number of rotatable bonds is 5. The number of carbonyl (C=O) groups excluding carboxylic acids is 1. The summed E-state index contributed by atoms with van der Waals surface area (Å²) in [5.41, 5.74) is 2.51. The van der Waals surface area contributed by atoms with E-state index in [1.807, 2.05) is 6.07 Å². The molecule has 0 aromatic heterocycles. The molecule has 1 aromatic carbocycles. The molecule has 0 atom stereocenters. The van der Waals surface area contributed by atoms with Crippen molar-refractivity contribution in [3.63, 3.8) is 0 Å². The zero-order valence-corrected chi connectivity index (χ0v) is 19.0. The third-order valence-electron chi connectivity index (χ3n) is 7.42. The quantitative estimate of drug-likeness (QED) is 0.744. The molecule has 1 amide bonds. The van der Waals surface area contributed by atoms with Crippen molar-refractivity contribution in [1.29, 1.82) is 0 Å². The molecule has 1 saturated heterocycles. The molecule has 1 saturated carbocycles. The summed E-state index contributed by atoms with van der Waals surface area (Å²) in [4.78, 5) is 14.7. The van der Waals surface area contributed by atoms with Crippen molar-refractivity contribution in [2.45, 2.75) is 69.7 Å². The zero-order valence-electron chi connectivity index (χ0n) is 18.2. The molecule has 166 valence electrons. The Kier molecular flexibility index (Phi) is 6.39. The van der Waals surface area contributed by atoms with E-state index in [1.54, 1.807) is 17.0 Å². The Labute approximate surface area is 181 Å². The molecule has 0 radical (unpaired) electrons.